The van der Waals surface area contributed by atoms with Crippen LogP contribution in [0.5, 0.6) is 17.2 Å². The van der Waals surface area contributed by atoms with Crippen LogP contribution in [0, 0.1) is 0 Å². The highest BCUT2D eigenvalue weighted by Gasteiger charge is 2.47. The van der Waals surface area contributed by atoms with Crippen molar-refractivity contribution in [2.75, 3.05) is 13.7 Å². The summed E-state index contributed by atoms with van der Waals surface area (Å²) in [7, 11) is 1.46. The average molecular weight is 307 g/mol. The van der Waals surface area contributed by atoms with Crippen LogP contribution in [0.15, 0.2) is 12.1 Å². The summed E-state index contributed by atoms with van der Waals surface area (Å²) in [5, 5.41) is 20.7. The van der Waals surface area contributed by atoms with Crippen molar-refractivity contribution in [3.05, 3.63) is 17.7 Å². The van der Waals surface area contributed by atoms with Crippen LogP contribution in [0.3, 0.4) is 0 Å². The Morgan fingerprint density at radius 1 is 1.41 bits per heavy atom. The molecule has 0 radical (unpaired) electrons. The molecule has 2 N–H and O–H groups in total. The van der Waals surface area contributed by atoms with Gasteiger partial charge >= 0.3 is 0 Å². The Balaban J connectivity index is 2.14. The molecule has 1 aromatic carbocycles. The van der Waals surface area contributed by atoms with Gasteiger partial charge in [0.05, 0.1) is 13.2 Å². The molecule has 0 bridgehead atoms. The van der Waals surface area contributed by atoms with Gasteiger partial charge < -0.3 is 24.6 Å². The van der Waals surface area contributed by atoms with Crippen LogP contribution in [0.2, 0.25) is 0 Å². The molecule has 1 saturated heterocycles. The molecule has 0 aromatic heterocycles. The van der Waals surface area contributed by atoms with E-state index in [1.807, 2.05) is 0 Å². The summed E-state index contributed by atoms with van der Waals surface area (Å²) >= 11 is 0. The number of carbonyl (C=O) groups is 1. The molecule has 1 aromatic rings. The number of rotatable bonds is 2. The van der Waals surface area contributed by atoms with Crippen LogP contribution in [0.25, 0.3) is 0 Å². The van der Waals surface area contributed by atoms with Gasteiger partial charge in [0.2, 0.25) is 5.91 Å². The summed E-state index contributed by atoms with van der Waals surface area (Å²) in [6.45, 7) is 4.16. The third-order valence-corrected chi connectivity index (χ3v) is 4.46. The van der Waals surface area contributed by atoms with Crippen molar-refractivity contribution >= 4 is 5.91 Å². The zero-order valence-corrected chi connectivity index (χ0v) is 13.0. The third kappa shape index (κ3) is 2.18. The van der Waals surface area contributed by atoms with Crippen molar-refractivity contribution in [1.29, 1.82) is 0 Å². The number of phenols is 1. The number of phenolic OH excluding ortho intramolecular Hbond substituents is 1. The minimum atomic E-state index is -0.865. The van der Waals surface area contributed by atoms with Crippen molar-refractivity contribution < 1.29 is 24.5 Å². The number of amides is 1. The quantitative estimate of drug-likeness (QED) is 0.867. The molecular weight excluding hydrogens is 286 g/mol. The minimum absolute atomic E-state index is 0.0275. The predicted octanol–water partition coefficient (Wildman–Crippen LogP) is 1.60. The van der Waals surface area contributed by atoms with Gasteiger partial charge in [-0.15, -0.1) is 0 Å². The summed E-state index contributed by atoms with van der Waals surface area (Å²) < 4.78 is 11.0. The lowest BCUT2D eigenvalue weighted by Gasteiger charge is -2.45. The Kier molecular flexibility index (Phi) is 3.44. The summed E-state index contributed by atoms with van der Waals surface area (Å²) in [6, 6.07) is 2.62. The maximum atomic E-state index is 12.2. The van der Waals surface area contributed by atoms with Crippen molar-refractivity contribution in [1.82, 2.24) is 4.90 Å². The van der Waals surface area contributed by atoms with Gasteiger partial charge in [-0.05, 0) is 26.3 Å². The maximum Gasteiger partial charge on any atom is 0.223 e. The predicted molar refractivity (Wildman–Crippen MR) is 79.1 cm³/mol. The first kappa shape index (κ1) is 15.0. The Bertz CT molecular complexity index is 613. The zero-order chi connectivity index (χ0) is 16.1. The number of methoxy groups -OCH3 is 1. The molecule has 1 amide bonds. The standard InChI is InChI=1S/C16H21NO5/c1-16(2)15(20)14(17-6-4-5-13(17)19)9-7-12(21-3)10(18)8-11(9)22-16/h7-8,14-15,18,20H,4-6H2,1-3H3/t14-,15+/m0/s1. The van der Waals surface area contributed by atoms with Crippen LogP contribution in [-0.4, -0.2) is 46.4 Å². The molecule has 0 spiro atoms. The number of hydrogen-bond donors (Lipinski definition) is 2. The molecule has 2 atom stereocenters. The van der Waals surface area contributed by atoms with E-state index in [-0.39, 0.29) is 11.7 Å². The second-order valence-electron chi connectivity index (χ2n) is 6.35. The molecule has 6 nitrogen and oxygen atoms in total. The molecule has 120 valence electrons. The van der Waals surface area contributed by atoms with Crippen molar-refractivity contribution in [3.63, 3.8) is 0 Å². The number of hydrogen-bond acceptors (Lipinski definition) is 5. The van der Waals surface area contributed by atoms with Crippen molar-refractivity contribution in [2.24, 2.45) is 0 Å². The largest absolute Gasteiger partial charge is 0.504 e. The van der Waals surface area contributed by atoms with Gasteiger partial charge in [0.1, 0.15) is 17.5 Å². The van der Waals surface area contributed by atoms with Gasteiger partial charge in [-0.3, -0.25) is 4.79 Å². The first-order valence-corrected chi connectivity index (χ1v) is 7.42. The molecule has 2 heterocycles. The minimum Gasteiger partial charge on any atom is -0.504 e. The first-order valence-electron chi connectivity index (χ1n) is 7.42. The van der Waals surface area contributed by atoms with Gasteiger partial charge in [0.25, 0.3) is 0 Å². The van der Waals surface area contributed by atoms with E-state index in [1.165, 1.54) is 13.2 Å². The van der Waals surface area contributed by atoms with Crippen LogP contribution in [0.1, 0.15) is 38.3 Å². The highest BCUT2D eigenvalue weighted by atomic mass is 16.5. The van der Waals surface area contributed by atoms with E-state index in [9.17, 15) is 15.0 Å². The number of nitrogens with zero attached hydrogens (tertiary/aromatic N) is 1. The van der Waals surface area contributed by atoms with Crippen molar-refractivity contribution in [2.45, 2.75) is 44.4 Å². The second kappa shape index (κ2) is 5.05. The Morgan fingerprint density at radius 2 is 2.14 bits per heavy atom. The summed E-state index contributed by atoms with van der Waals surface area (Å²) in [6.07, 6.45) is 0.416. The third-order valence-electron chi connectivity index (χ3n) is 4.46. The number of aromatic hydroxyl groups is 1. The molecule has 2 aliphatic rings. The van der Waals surface area contributed by atoms with E-state index in [0.29, 0.717) is 30.0 Å². The Labute approximate surface area is 129 Å². The monoisotopic (exact) mass is 307 g/mol. The van der Waals surface area contributed by atoms with Crippen LogP contribution < -0.4 is 9.47 Å². The van der Waals surface area contributed by atoms with Crippen LogP contribution in [0.4, 0.5) is 0 Å². The fourth-order valence-electron chi connectivity index (χ4n) is 3.24. The van der Waals surface area contributed by atoms with Gasteiger partial charge in [-0.25, -0.2) is 0 Å². The van der Waals surface area contributed by atoms with Gasteiger partial charge in [-0.1, -0.05) is 0 Å². The smallest absolute Gasteiger partial charge is 0.223 e. The number of carbonyl (C=O) groups excluding carboxylic acids is 1. The lowest BCUT2D eigenvalue weighted by Crippen LogP contribution is -2.53. The SMILES string of the molecule is COc1cc2c(cc1O)OC(C)(C)[C@H](O)[C@H]2N1CCCC1=O. The number of fused-ring (bicyclic) bond motifs is 1. The van der Waals surface area contributed by atoms with Crippen molar-refractivity contribution in [3.8, 4) is 17.2 Å². The van der Waals surface area contributed by atoms with E-state index >= 15 is 0 Å². The molecule has 1 fully saturated rings. The zero-order valence-electron chi connectivity index (χ0n) is 13.0. The van der Waals surface area contributed by atoms with Gasteiger partial charge in [-0.2, -0.15) is 0 Å². The molecular formula is C16H21NO5. The van der Waals surface area contributed by atoms with Gasteiger partial charge in [0.15, 0.2) is 11.5 Å². The molecule has 0 saturated carbocycles. The molecule has 3 rings (SSSR count). The lowest BCUT2D eigenvalue weighted by atomic mass is 9.85. The molecule has 22 heavy (non-hydrogen) atoms. The molecule has 0 aliphatic carbocycles. The van der Waals surface area contributed by atoms with Crippen LogP contribution >= 0.6 is 0 Å². The first-order chi connectivity index (χ1) is 10.3. The van der Waals surface area contributed by atoms with E-state index < -0.39 is 17.7 Å². The molecule has 2 aliphatic heterocycles. The molecule has 0 unspecified atom stereocenters. The fraction of sp³-hybridized carbons (Fsp3) is 0.562. The average Bonchev–Trinajstić information content (AvgIpc) is 2.86. The second-order valence-corrected chi connectivity index (χ2v) is 6.35. The number of ether oxygens (including phenoxy) is 2. The fourth-order valence-corrected chi connectivity index (χ4v) is 3.24. The van der Waals surface area contributed by atoms with Crippen LogP contribution in [-0.2, 0) is 4.79 Å². The number of likely N-dealkylation sites (tertiary alicyclic amines) is 1. The summed E-state index contributed by atoms with van der Waals surface area (Å²) in [4.78, 5) is 13.9. The highest BCUT2D eigenvalue weighted by Crippen LogP contribution is 2.47. The van der Waals surface area contributed by atoms with E-state index in [0.717, 1.165) is 6.42 Å². The van der Waals surface area contributed by atoms with Gasteiger partial charge in [0, 0.05) is 24.6 Å². The maximum absolute atomic E-state index is 12.2. The normalized spacial score (nSPS) is 26.5. The number of aliphatic hydroxyl groups excluding tert-OH is 1. The Hall–Kier alpha value is -1.95. The topological polar surface area (TPSA) is 79.2 Å². The number of benzene rings is 1. The molecule has 6 heteroatoms. The highest BCUT2D eigenvalue weighted by molar-refractivity contribution is 5.79. The summed E-state index contributed by atoms with van der Waals surface area (Å²) in [5.74, 6) is 0.767. The van der Waals surface area contributed by atoms with E-state index in [4.69, 9.17) is 9.47 Å². The lowest BCUT2D eigenvalue weighted by molar-refractivity contribution is -0.139. The van der Waals surface area contributed by atoms with E-state index in [2.05, 4.69) is 0 Å². The number of aliphatic hydroxyl groups is 1. The Morgan fingerprint density at radius 3 is 2.73 bits per heavy atom. The summed E-state index contributed by atoms with van der Waals surface area (Å²) in [5.41, 5.74) is -0.196. The van der Waals surface area contributed by atoms with E-state index in [1.54, 1.807) is 24.8 Å².